The number of rotatable bonds is 4. The highest BCUT2D eigenvalue weighted by molar-refractivity contribution is 6.05. The molecule has 4 amide bonds. The summed E-state index contributed by atoms with van der Waals surface area (Å²) in [5, 5.41) is 4.56. The number of imide groups is 1. The molecule has 8 heteroatoms. The Balaban J connectivity index is 1.46. The van der Waals surface area contributed by atoms with Crippen molar-refractivity contribution >= 4 is 17.8 Å². The lowest BCUT2D eigenvalue weighted by molar-refractivity contribution is -0.135. The van der Waals surface area contributed by atoms with E-state index in [-0.39, 0.29) is 18.4 Å². The Morgan fingerprint density at radius 1 is 1.35 bits per heavy atom. The van der Waals surface area contributed by atoms with Crippen molar-refractivity contribution in [3.05, 3.63) is 24.5 Å². The number of amides is 4. The van der Waals surface area contributed by atoms with E-state index in [0.29, 0.717) is 13.1 Å². The van der Waals surface area contributed by atoms with Crippen molar-refractivity contribution in [2.24, 2.45) is 0 Å². The highest BCUT2D eigenvalue weighted by Gasteiger charge is 2.33. The molecule has 2 saturated heterocycles. The van der Waals surface area contributed by atoms with Gasteiger partial charge in [-0.2, -0.15) is 0 Å². The molecule has 122 valence electrons. The van der Waals surface area contributed by atoms with E-state index in [0.717, 1.165) is 18.6 Å². The van der Waals surface area contributed by atoms with E-state index >= 15 is 0 Å². The van der Waals surface area contributed by atoms with Gasteiger partial charge in [0.25, 0.3) is 5.91 Å². The van der Waals surface area contributed by atoms with Gasteiger partial charge in [-0.25, -0.2) is 4.79 Å². The molecule has 1 atom stereocenters. The largest absolute Gasteiger partial charge is 0.489 e. The normalized spacial score (nSPS) is 21.7. The molecule has 1 aromatic rings. The Morgan fingerprint density at radius 3 is 2.74 bits per heavy atom. The van der Waals surface area contributed by atoms with Crippen molar-refractivity contribution < 1.29 is 19.1 Å². The van der Waals surface area contributed by atoms with Gasteiger partial charge in [0.2, 0.25) is 5.91 Å². The topological polar surface area (TPSA) is 101 Å². The second-order valence-electron chi connectivity index (χ2n) is 5.61. The molecule has 0 saturated carbocycles. The van der Waals surface area contributed by atoms with E-state index in [4.69, 9.17) is 4.74 Å². The van der Waals surface area contributed by atoms with Crippen LogP contribution >= 0.6 is 0 Å². The number of piperidine rings is 1. The van der Waals surface area contributed by atoms with E-state index in [1.54, 1.807) is 17.3 Å². The van der Waals surface area contributed by atoms with Gasteiger partial charge in [-0.3, -0.25) is 19.9 Å². The van der Waals surface area contributed by atoms with Crippen LogP contribution in [0, 0.1) is 0 Å². The van der Waals surface area contributed by atoms with E-state index in [2.05, 4.69) is 15.6 Å². The molecular weight excluding hydrogens is 300 g/mol. The third-order valence-corrected chi connectivity index (χ3v) is 3.97. The number of pyridine rings is 1. The summed E-state index contributed by atoms with van der Waals surface area (Å²) in [5.41, 5.74) is 0. The first kappa shape index (κ1) is 15.3. The van der Waals surface area contributed by atoms with Gasteiger partial charge in [0.15, 0.2) is 0 Å². The minimum Gasteiger partial charge on any atom is -0.489 e. The fourth-order valence-corrected chi connectivity index (χ4v) is 2.74. The van der Waals surface area contributed by atoms with Crippen molar-refractivity contribution in [3.8, 4) is 5.75 Å². The maximum atomic E-state index is 12.2. The van der Waals surface area contributed by atoms with Crippen molar-refractivity contribution in [1.29, 1.82) is 0 Å². The molecule has 2 aliphatic rings. The van der Waals surface area contributed by atoms with Gasteiger partial charge >= 0.3 is 6.03 Å². The van der Waals surface area contributed by atoms with E-state index in [9.17, 15) is 14.4 Å². The van der Waals surface area contributed by atoms with Crippen molar-refractivity contribution in [3.63, 3.8) is 0 Å². The summed E-state index contributed by atoms with van der Waals surface area (Å²) in [6.45, 7) is 1.15. The predicted molar refractivity (Wildman–Crippen MR) is 79.5 cm³/mol. The first-order valence-electron chi connectivity index (χ1n) is 7.57. The van der Waals surface area contributed by atoms with Crippen LogP contribution in [0.2, 0.25) is 0 Å². The summed E-state index contributed by atoms with van der Waals surface area (Å²) in [7, 11) is 0. The first-order chi connectivity index (χ1) is 11.1. The van der Waals surface area contributed by atoms with Crippen LogP contribution in [0.1, 0.15) is 19.3 Å². The zero-order valence-electron chi connectivity index (χ0n) is 12.5. The van der Waals surface area contributed by atoms with Crippen LogP contribution in [0.25, 0.3) is 0 Å². The smallest absolute Gasteiger partial charge is 0.322 e. The summed E-state index contributed by atoms with van der Waals surface area (Å²) in [4.78, 5) is 40.4. The third kappa shape index (κ3) is 3.77. The number of hydrogen-bond donors (Lipinski definition) is 2. The number of likely N-dealkylation sites (tertiary alicyclic amines) is 1. The van der Waals surface area contributed by atoms with Crippen LogP contribution in [-0.4, -0.2) is 53.0 Å². The molecule has 2 aliphatic heterocycles. The second-order valence-corrected chi connectivity index (χ2v) is 5.61. The van der Waals surface area contributed by atoms with Gasteiger partial charge in [-0.05, 0) is 12.1 Å². The Bertz CT molecular complexity index is 599. The van der Waals surface area contributed by atoms with Crippen molar-refractivity contribution in [1.82, 2.24) is 20.5 Å². The summed E-state index contributed by atoms with van der Waals surface area (Å²) in [6, 6.07) is 2.36. The highest BCUT2D eigenvalue weighted by Crippen LogP contribution is 2.18. The summed E-state index contributed by atoms with van der Waals surface area (Å²) in [6.07, 6.45) is 4.85. The monoisotopic (exact) mass is 318 g/mol. The second kappa shape index (κ2) is 6.64. The van der Waals surface area contributed by atoms with Crippen molar-refractivity contribution in [2.45, 2.75) is 31.4 Å². The molecule has 2 N–H and O–H groups in total. The zero-order valence-corrected chi connectivity index (χ0v) is 12.5. The number of aromatic nitrogens is 1. The summed E-state index contributed by atoms with van der Waals surface area (Å²) in [5.74, 6) is 0.146. The number of ether oxygens (including phenoxy) is 1. The number of hydrogen-bond acceptors (Lipinski definition) is 5. The van der Waals surface area contributed by atoms with Crippen LogP contribution in [0.15, 0.2) is 24.5 Å². The maximum absolute atomic E-state index is 12.2. The van der Waals surface area contributed by atoms with Gasteiger partial charge < -0.3 is 15.0 Å². The number of nitrogens with one attached hydrogen (secondary N) is 2. The molecule has 0 aliphatic carbocycles. The number of carbonyl (C=O) groups excluding carboxylic acids is 3. The minimum atomic E-state index is -0.764. The Morgan fingerprint density at radius 2 is 2.13 bits per heavy atom. The standard InChI is InChI=1S/C15H18N4O4/c20-13(8-12-14(21)18-15(22)17-12)19-6-3-10(4-7-19)23-11-2-1-5-16-9-11/h1-2,5,9-10,12H,3-4,6-8H2,(H2,17,18,21,22)/t12-/m0/s1. The van der Waals surface area contributed by atoms with E-state index < -0.39 is 18.0 Å². The molecule has 0 aromatic carbocycles. The average Bonchev–Trinajstić information content (AvgIpc) is 2.86. The lowest BCUT2D eigenvalue weighted by atomic mass is 10.1. The molecule has 0 radical (unpaired) electrons. The molecule has 2 fully saturated rings. The lowest BCUT2D eigenvalue weighted by Gasteiger charge is -2.32. The number of nitrogens with zero attached hydrogens (tertiary/aromatic N) is 2. The quantitative estimate of drug-likeness (QED) is 0.764. The predicted octanol–water partition coefficient (Wildman–Crippen LogP) is 0.0495. The molecule has 23 heavy (non-hydrogen) atoms. The third-order valence-electron chi connectivity index (χ3n) is 3.97. The van der Waals surface area contributed by atoms with Gasteiger partial charge in [-0.1, -0.05) is 0 Å². The molecule has 0 bridgehead atoms. The lowest BCUT2D eigenvalue weighted by Crippen LogP contribution is -2.44. The Kier molecular flexibility index (Phi) is 4.40. The number of carbonyl (C=O) groups is 3. The molecular formula is C15H18N4O4. The molecule has 0 unspecified atom stereocenters. The SMILES string of the molecule is O=C1NC(=O)[C@H](CC(=O)N2CCC(Oc3cccnc3)CC2)N1. The van der Waals surface area contributed by atoms with Gasteiger partial charge in [0.05, 0.1) is 12.6 Å². The van der Waals surface area contributed by atoms with Crippen molar-refractivity contribution in [2.75, 3.05) is 13.1 Å². The van der Waals surface area contributed by atoms with Gasteiger partial charge in [0, 0.05) is 32.1 Å². The highest BCUT2D eigenvalue weighted by atomic mass is 16.5. The molecule has 1 aromatic heterocycles. The van der Waals surface area contributed by atoms with Crippen LogP contribution in [0.3, 0.4) is 0 Å². The summed E-state index contributed by atoms with van der Waals surface area (Å²) >= 11 is 0. The Labute approximate surface area is 133 Å². The van der Waals surface area contributed by atoms with E-state index in [1.807, 2.05) is 12.1 Å². The zero-order chi connectivity index (χ0) is 16.2. The fourth-order valence-electron chi connectivity index (χ4n) is 2.74. The van der Waals surface area contributed by atoms with Crippen LogP contribution in [0.4, 0.5) is 4.79 Å². The van der Waals surface area contributed by atoms with Gasteiger partial charge in [-0.15, -0.1) is 0 Å². The average molecular weight is 318 g/mol. The first-order valence-corrected chi connectivity index (χ1v) is 7.57. The van der Waals surface area contributed by atoms with Crippen LogP contribution < -0.4 is 15.4 Å². The Hall–Kier alpha value is -2.64. The molecule has 8 nitrogen and oxygen atoms in total. The van der Waals surface area contributed by atoms with Crippen LogP contribution in [-0.2, 0) is 9.59 Å². The molecule has 0 spiro atoms. The maximum Gasteiger partial charge on any atom is 0.322 e. The summed E-state index contributed by atoms with van der Waals surface area (Å²) < 4.78 is 5.83. The number of urea groups is 1. The molecule has 3 heterocycles. The molecule has 3 rings (SSSR count). The van der Waals surface area contributed by atoms with Gasteiger partial charge in [0.1, 0.15) is 17.9 Å². The van der Waals surface area contributed by atoms with E-state index in [1.165, 1.54) is 0 Å². The minimum absolute atomic E-state index is 0.00823. The fraction of sp³-hybridized carbons (Fsp3) is 0.467. The van der Waals surface area contributed by atoms with Crippen LogP contribution in [0.5, 0.6) is 5.75 Å².